The van der Waals surface area contributed by atoms with Gasteiger partial charge in [0, 0.05) is 11.8 Å². The predicted octanol–water partition coefficient (Wildman–Crippen LogP) is 3.48. The van der Waals surface area contributed by atoms with Crippen LogP contribution in [0.15, 0.2) is 58.8 Å². The molecule has 0 saturated carbocycles. The molecule has 86 valence electrons. The highest BCUT2D eigenvalue weighted by atomic mass is 15.3. The van der Waals surface area contributed by atoms with E-state index >= 15 is 0 Å². The van der Waals surface area contributed by atoms with Crippen LogP contribution in [0.5, 0.6) is 0 Å². The molecule has 3 aliphatic carbocycles. The molecule has 18 heavy (non-hydrogen) atoms. The standard InChI is InChI=1S/C16H12N2/c1-2-6-10-9(5-1)13-11-7-3-4-8-12(11)14(10)16-15(13)17-18-16/h1-8,13-16H/t13?,14?,15-,16?/m0/s1. The van der Waals surface area contributed by atoms with Crippen molar-refractivity contribution in [3.8, 4) is 0 Å². The molecule has 1 unspecified atom stereocenters. The van der Waals surface area contributed by atoms with Gasteiger partial charge in [-0.2, -0.15) is 10.2 Å². The Balaban J connectivity index is 1.88. The van der Waals surface area contributed by atoms with Crippen molar-refractivity contribution in [2.75, 3.05) is 0 Å². The van der Waals surface area contributed by atoms with Gasteiger partial charge >= 0.3 is 0 Å². The molecule has 0 aromatic heterocycles. The summed E-state index contributed by atoms with van der Waals surface area (Å²) in [7, 11) is 0. The zero-order valence-electron chi connectivity index (χ0n) is 9.82. The fourth-order valence-corrected chi connectivity index (χ4v) is 3.97. The molecule has 2 aromatic rings. The molecule has 2 heteroatoms. The first kappa shape index (κ1) is 9.03. The lowest BCUT2D eigenvalue weighted by molar-refractivity contribution is 0.296. The molecule has 0 fully saturated rings. The summed E-state index contributed by atoms with van der Waals surface area (Å²) in [6, 6.07) is 18.4. The molecule has 0 N–H and O–H groups in total. The van der Waals surface area contributed by atoms with E-state index in [-0.39, 0.29) is 0 Å². The van der Waals surface area contributed by atoms with Gasteiger partial charge in [-0.25, -0.2) is 0 Å². The van der Waals surface area contributed by atoms with E-state index in [0.29, 0.717) is 23.9 Å². The van der Waals surface area contributed by atoms with Crippen molar-refractivity contribution < 1.29 is 0 Å². The summed E-state index contributed by atoms with van der Waals surface area (Å²) in [6.45, 7) is 0. The third-order valence-electron chi connectivity index (χ3n) is 4.70. The minimum Gasteiger partial charge on any atom is -0.187 e. The van der Waals surface area contributed by atoms with E-state index in [2.05, 4.69) is 58.8 Å². The average molecular weight is 232 g/mol. The van der Waals surface area contributed by atoms with Gasteiger partial charge in [-0.05, 0) is 22.3 Å². The van der Waals surface area contributed by atoms with Crippen LogP contribution in [0, 0.1) is 0 Å². The van der Waals surface area contributed by atoms with Gasteiger partial charge in [-0.15, -0.1) is 0 Å². The molecule has 0 radical (unpaired) electrons. The van der Waals surface area contributed by atoms with Gasteiger partial charge < -0.3 is 0 Å². The largest absolute Gasteiger partial charge is 0.187 e. The first-order chi connectivity index (χ1) is 8.95. The van der Waals surface area contributed by atoms with Gasteiger partial charge in [0.25, 0.3) is 0 Å². The Morgan fingerprint density at radius 2 is 0.889 bits per heavy atom. The Bertz CT molecular complexity index is 584. The molecular formula is C16H12N2. The highest BCUT2D eigenvalue weighted by Gasteiger charge is 2.53. The second-order valence-corrected chi connectivity index (χ2v) is 5.43. The molecule has 2 bridgehead atoms. The van der Waals surface area contributed by atoms with Crippen molar-refractivity contribution in [3.63, 3.8) is 0 Å². The maximum atomic E-state index is 4.40. The Labute approximate surface area is 105 Å². The van der Waals surface area contributed by atoms with Crippen LogP contribution in [-0.4, -0.2) is 12.1 Å². The van der Waals surface area contributed by atoms with Gasteiger partial charge in [-0.1, -0.05) is 48.5 Å². The normalized spacial score (nSPS) is 33.3. The summed E-state index contributed by atoms with van der Waals surface area (Å²) < 4.78 is 0. The molecule has 0 spiro atoms. The van der Waals surface area contributed by atoms with Crippen molar-refractivity contribution in [1.82, 2.24) is 0 Å². The first-order valence-corrected chi connectivity index (χ1v) is 6.53. The Kier molecular flexibility index (Phi) is 1.45. The Morgan fingerprint density at radius 3 is 1.17 bits per heavy atom. The topological polar surface area (TPSA) is 24.7 Å². The molecule has 1 heterocycles. The van der Waals surface area contributed by atoms with Gasteiger partial charge in [-0.3, -0.25) is 0 Å². The average Bonchev–Trinajstić information content (AvgIpc) is 2.40. The molecule has 1 aliphatic heterocycles. The van der Waals surface area contributed by atoms with Crippen LogP contribution in [0.1, 0.15) is 34.1 Å². The van der Waals surface area contributed by atoms with Crippen LogP contribution in [0.2, 0.25) is 0 Å². The third kappa shape index (κ3) is 0.849. The van der Waals surface area contributed by atoms with Crippen molar-refractivity contribution in [1.29, 1.82) is 0 Å². The first-order valence-electron chi connectivity index (χ1n) is 6.53. The molecule has 2 nitrogen and oxygen atoms in total. The fraction of sp³-hybridized carbons (Fsp3) is 0.250. The summed E-state index contributed by atoms with van der Waals surface area (Å²) >= 11 is 0. The maximum absolute atomic E-state index is 4.40. The molecule has 4 aliphatic rings. The van der Waals surface area contributed by atoms with Crippen LogP contribution in [0.4, 0.5) is 0 Å². The smallest absolute Gasteiger partial charge is 0.107 e. The van der Waals surface area contributed by atoms with Gasteiger partial charge in [0.1, 0.15) is 12.1 Å². The molecular weight excluding hydrogens is 220 g/mol. The van der Waals surface area contributed by atoms with Crippen LogP contribution in [0.3, 0.4) is 0 Å². The lowest BCUT2D eigenvalue weighted by Crippen LogP contribution is -2.49. The van der Waals surface area contributed by atoms with E-state index < -0.39 is 0 Å². The third-order valence-corrected chi connectivity index (χ3v) is 4.70. The molecule has 0 amide bonds. The van der Waals surface area contributed by atoms with Crippen molar-refractivity contribution in [3.05, 3.63) is 70.8 Å². The minimum atomic E-state index is 0.389. The van der Waals surface area contributed by atoms with E-state index in [1.807, 2.05) is 0 Å². The van der Waals surface area contributed by atoms with Crippen LogP contribution in [-0.2, 0) is 0 Å². The van der Waals surface area contributed by atoms with Crippen molar-refractivity contribution >= 4 is 0 Å². The number of hydrogen-bond donors (Lipinski definition) is 0. The minimum absolute atomic E-state index is 0.389. The second-order valence-electron chi connectivity index (χ2n) is 5.43. The molecule has 2 atom stereocenters. The Hall–Kier alpha value is -1.96. The van der Waals surface area contributed by atoms with E-state index in [1.165, 1.54) is 22.3 Å². The summed E-state index contributed by atoms with van der Waals surface area (Å²) in [6.07, 6.45) is 0. The van der Waals surface area contributed by atoms with Crippen molar-refractivity contribution in [2.45, 2.75) is 23.9 Å². The summed E-state index contributed by atoms with van der Waals surface area (Å²) in [5, 5.41) is 8.79. The molecule has 6 rings (SSSR count). The lowest BCUT2D eigenvalue weighted by Gasteiger charge is -2.50. The SMILES string of the molecule is c1ccc2c(c1)C1c3ccccc3C2[C@@H]2N=NC12. The van der Waals surface area contributed by atoms with E-state index in [4.69, 9.17) is 0 Å². The van der Waals surface area contributed by atoms with E-state index in [1.54, 1.807) is 0 Å². The highest BCUT2D eigenvalue weighted by Crippen LogP contribution is 2.57. The maximum Gasteiger partial charge on any atom is 0.107 e. The summed E-state index contributed by atoms with van der Waals surface area (Å²) in [5.41, 5.74) is 5.89. The zero-order valence-corrected chi connectivity index (χ0v) is 9.82. The molecule has 2 aromatic carbocycles. The number of azo groups is 1. The van der Waals surface area contributed by atoms with E-state index in [0.717, 1.165) is 0 Å². The monoisotopic (exact) mass is 232 g/mol. The van der Waals surface area contributed by atoms with E-state index in [9.17, 15) is 0 Å². The van der Waals surface area contributed by atoms with Crippen molar-refractivity contribution in [2.24, 2.45) is 10.2 Å². The number of benzene rings is 2. The zero-order chi connectivity index (χ0) is 11.7. The fourth-order valence-electron chi connectivity index (χ4n) is 3.97. The number of hydrogen-bond acceptors (Lipinski definition) is 2. The van der Waals surface area contributed by atoms with Gasteiger partial charge in [0.15, 0.2) is 0 Å². The summed E-state index contributed by atoms with van der Waals surface area (Å²) in [4.78, 5) is 0. The predicted molar refractivity (Wildman–Crippen MR) is 69.0 cm³/mol. The van der Waals surface area contributed by atoms with Crippen LogP contribution in [0.25, 0.3) is 0 Å². The molecule has 0 saturated heterocycles. The Morgan fingerprint density at radius 1 is 0.556 bits per heavy atom. The number of nitrogens with zero attached hydrogens (tertiary/aromatic N) is 2. The van der Waals surface area contributed by atoms with Crippen LogP contribution >= 0.6 is 0 Å². The van der Waals surface area contributed by atoms with Gasteiger partial charge in [0.05, 0.1) is 0 Å². The van der Waals surface area contributed by atoms with Gasteiger partial charge in [0.2, 0.25) is 0 Å². The lowest BCUT2D eigenvalue weighted by atomic mass is 9.59. The number of rotatable bonds is 0. The quantitative estimate of drug-likeness (QED) is 0.664. The summed E-state index contributed by atoms with van der Waals surface area (Å²) in [5.74, 6) is 0.870. The highest BCUT2D eigenvalue weighted by molar-refractivity contribution is 5.59. The van der Waals surface area contributed by atoms with Crippen LogP contribution < -0.4 is 0 Å². The second kappa shape index (κ2) is 2.89.